The van der Waals surface area contributed by atoms with E-state index in [2.05, 4.69) is 22.1 Å². The number of ether oxygens (including phenoxy) is 1. The molecule has 2 rings (SSSR count). The van der Waals surface area contributed by atoms with Crippen molar-refractivity contribution in [2.45, 2.75) is 52.9 Å². The van der Waals surface area contributed by atoms with Crippen LogP contribution in [0.15, 0.2) is 0 Å². The fourth-order valence-corrected chi connectivity index (χ4v) is 3.74. The van der Waals surface area contributed by atoms with Gasteiger partial charge < -0.3 is 10.1 Å². The molecule has 0 saturated carbocycles. The monoisotopic (exact) mass is 311 g/mol. The lowest BCUT2D eigenvalue weighted by molar-refractivity contribution is -0.126. The fraction of sp³-hybridized carbons (Fsp3) is 0.733. The Bertz CT molecular complexity index is 479. The summed E-state index contributed by atoms with van der Waals surface area (Å²) in [4.78, 5) is 19.9. The highest BCUT2D eigenvalue weighted by Gasteiger charge is 2.23. The molecule has 5 nitrogen and oxygen atoms in total. The fourth-order valence-electron chi connectivity index (χ4n) is 2.78. The van der Waals surface area contributed by atoms with Crippen molar-refractivity contribution in [1.29, 1.82) is 0 Å². The Labute approximate surface area is 130 Å². The molecule has 0 radical (unpaired) electrons. The smallest absolute Gasteiger partial charge is 0.234 e. The second-order valence-corrected chi connectivity index (χ2v) is 6.97. The van der Waals surface area contributed by atoms with Crippen molar-refractivity contribution in [3.63, 3.8) is 0 Å². The van der Waals surface area contributed by atoms with Gasteiger partial charge in [-0.2, -0.15) is 0 Å². The van der Waals surface area contributed by atoms with Gasteiger partial charge in [0.05, 0.1) is 36.0 Å². The van der Waals surface area contributed by atoms with Gasteiger partial charge in [-0.3, -0.25) is 9.69 Å². The minimum Gasteiger partial charge on any atom is -0.373 e. The first-order chi connectivity index (χ1) is 9.97. The molecule has 2 atom stereocenters. The Morgan fingerprint density at radius 2 is 2.10 bits per heavy atom. The number of aromatic nitrogens is 1. The van der Waals surface area contributed by atoms with Crippen molar-refractivity contribution in [2.24, 2.45) is 0 Å². The van der Waals surface area contributed by atoms with Gasteiger partial charge in [0.2, 0.25) is 5.91 Å². The highest BCUT2D eigenvalue weighted by molar-refractivity contribution is 7.11. The van der Waals surface area contributed by atoms with Crippen LogP contribution in [0.1, 0.15) is 36.3 Å². The number of nitrogens with one attached hydrogen (secondary N) is 1. The van der Waals surface area contributed by atoms with Crippen LogP contribution >= 0.6 is 11.3 Å². The number of rotatable bonds is 5. The zero-order chi connectivity index (χ0) is 15.4. The summed E-state index contributed by atoms with van der Waals surface area (Å²) in [5.74, 6) is 0.0735. The van der Waals surface area contributed by atoms with Crippen LogP contribution in [0, 0.1) is 6.92 Å². The van der Waals surface area contributed by atoms with Crippen LogP contribution in [-0.4, -0.2) is 47.6 Å². The van der Waals surface area contributed by atoms with Crippen LogP contribution in [0.5, 0.6) is 0 Å². The average Bonchev–Trinajstić information content (AvgIpc) is 2.75. The van der Waals surface area contributed by atoms with Crippen molar-refractivity contribution in [3.8, 4) is 0 Å². The van der Waals surface area contributed by atoms with Gasteiger partial charge in [-0.1, -0.05) is 6.92 Å². The van der Waals surface area contributed by atoms with E-state index >= 15 is 0 Å². The normalized spacial score (nSPS) is 23.2. The number of aryl methyl sites for hydroxylation is 2. The first kappa shape index (κ1) is 16.4. The summed E-state index contributed by atoms with van der Waals surface area (Å²) in [6.07, 6.45) is 1.29. The summed E-state index contributed by atoms with van der Waals surface area (Å²) in [5, 5.41) is 4.07. The third-order valence-corrected chi connectivity index (χ3v) is 4.54. The maximum absolute atomic E-state index is 12.1. The summed E-state index contributed by atoms with van der Waals surface area (Å²) < 4.78 is 5.68. The molecule has 0 aliphatic carbocycles. The van der Waals surface area contributed by atoms with E-state index in [9.17, 15) is 4.79 Å². The van der Waals surface area contributed by atoms with Gasteiger partial charge in [0.1, 0.15) is 0 Å². The molecule has 118 valence electrons. The Hall–Kier alpha value is -0.980. The highest BCUT2D eigenvalue weighted by atomic mass is 32.1. The number of carbonyl (C=O) groups is 1. The Kier molecular flexibility index (Phi) is 5.72. The molecule has 0 bridgehead atoms. The highest BCUT2D eigenvalue weighted by Crippen LogP contribution is 2.18. The zero-order valence-electron chi connectivity index (χ0n) is 13.3. The standard InChI is InChI=1S/C15H25N3O2S/c1-5-13-14(21-12(4)17-13)6-16-15(19)9-18-7-10(2)20-11(3)8-18/h10-11H,5-9H2,1-4H3,(H,16,19). The molecule has 1 saturated heterocycles. The van der Waals surface area contributed by atoms with Gasteiger partial charge >= 0.3 is 0 Å². The molecule has 2 unspecified atom stereocenters. The molecule has 2 heterocycles. The van der Waals surface area contributed by atoms with E-state index in [1.807, 2.05) is 20.8 Å². The van der Waals surface area contributed by atoms with E-state index in [0.717, 1.165) is 30.2 Å². The van der Waals surface area contributed by atoms with Gasteiger partial charge in [0, 0.05) is 18.0 Å². The summed E-state index contributed by atoms with van der Waals surface area (Å²) in [7, 11) is 0. The van der Waals surface area contributed by atoms with E-state index in [-0.39, 0.29) is 18.1 Å². The van der Waals surface area contributed by atoms with Crippen molar-refractivity contribution in [1.82, 2.24) is 15.2 Å². The maximum Gasteiger partial charge on any atom is 0.234 e. The third-order valence-electron chi connectivity index (χ3n) is 3.53. The van der Waals surface area contributed by atoms with Gasteiger partial charge in [-0.15, -0.1) is 11.3 Å². The minimum absolute atomic E-state index is 0.0735. The van der Waals surface area contributed by atoms with Crippen LogP contribution in [-0.2, 0) is 22.5 Å². The number of carbonyl (C=O) groups excluding carboxylic acids is 1. The van der Waals surface area contributed by atoms with E-state index in [1.54, 1.807) is 11.3 Å². The molecular formula is C15H25N3O2S. The first-order valence-corrected chi connectivity index (χ1v) is 8.39. The number of hydrogen-bond donors (Lipinski definition) is 1. The number of nitrogens with zero attached hydrogens (tertiary/aromatic N) is 2. The van der Waals surface area contributed by atoms with E-state index in [1.165, 1.54) is 4.88 Å². The lowest BCUT2D eigenvalue weighted by Crippen LogP contribution is -2.49. The Morgan fingerprint density at radius 3 is 2.71 bits per heavy atom. The summed E-state index contributed by atoms with van der Waals surface area (Å²) in [6, 6.07) is 0. The number of amides is 1. The average molecular weight is 311 g/mol. The van der Waals surface area contributed by atoms with Crippen LogP contribution in [0.2, 0.25) is 0 Å². The topological polar surface area (TPSA) is 54.5 Å². The van der Waals surface area contributed by atoms with Crippen molar-refractivity contribution in [2.75, 3.05) is 19.6 Å². The molecule has 1 aliphatic rings. The van der Waals surface area contributed by atoms with Crippen LogP contribution in [0.3, 0.4) is 0 Å². The van der Waals surface area contributed by atoms with Gasteiger partial charge in [-0.05, 0) is 27.2 Å². The second kappa shape index (κ2) is 7.33. The van der Waals surface area contributed by atoms with Gasteiger partial charge in [-0.25, -0.2) is 4.98 Å². The number of hydrogen-bond acceptors (Lipinski definition) is 5. The molecule has 0 aromatic carbocycles. The molecule has 0 spiro atoms. The molecule has 1 amide bonds. The quantitative estimate of drug-likeness (QED) is 0.900. The zero-order valence-corrected chi connectivity index (χ0v) is 14.1. The molecule has 1 aromatic heterocycles. The van der Waals surface area contributed by atoms with Crippen LogP contribution in [0.4, 0.5) is 0 Å². The number of thiazole rings is 1. The first-order valence-electron chi connectivity index (χ1n) is 7.57. The minimum atomic E-state index is 0.0735. The van der Waals surface area contributed by atoms with Gasteiger partial charge in [0.15, 0.2) is 0 Å². The molecule has 1 fully saturated rings. The maximum atomic E-state index is 12.1. The predicted octanol–water partition coefficient (Wildman–Crippen LogP) is 1.74. The largest absolute Gasteiger partial charge is 0.373 e. The summed E-state index contributed by atoms with van der Waals surface area (Å²) >= 11 is 1.67. The predicted molar refractivity (Wildman–Crippen MR) is 84.5 cm³/mol. The van der Waals surface area contributed by atoms with E-state index in [4.69, 9.17) is 4.74 Å². The lowest BCUT2D eigenvalue weighted by atomic mass is 10.2. The molecular weight excluding hydrogens is 286 g/mol. The molecule has 1 N–H and O–H groups in total. The van der Waals surface area contributed by atoms with Crippen LogP contribution < -0.4 is 5.32 Å². The van der Waals surface area contributed by atoms with E-state index < -0.39 is 0 Å². The second-order valence-electron chi connectivity index (χ2n) is 5.68. The van der Waals surface area contributed by atoms with E-state index in [0.29, 0.717) is 13.1 Å². The van der Waals surface area contributed by atoms with Crippen molar-refractivity contribution < 1.29 is 9.53 Å². The summed E-state index contributed by atoms with van der Waals surface area (Å²) in [5.41, 5.74) is 1.10. The third kappa shape index (κ3) is 4.76. The van der Waals surface area contributed by atoms with Crippen molar-refractivity contribution >= 4 is 17.2 Å². The lowest BCUT2D eigenvalue weighted by Gasteiger charge is -2.34. The van der Waals surface area contributed by atoms with Crippen LogP contribution in [0.25, 0.3) is 0 Å². The SMILES string of the molecule is CCc1nc(C)sc1CNC(=O)CN1CC(C)OC(C)C1. The molecule has 1 aromatic rings. The van der Waals surface area contributed by atoms with Gasteiger partial charge in [0.25, 0.3) is 0 Å². The Morgan fingerprint density at radius 1 is 1.43 bits per heavy atom. The Balaban J connectivity index is 1.82. The molecule has 6 heteroatoms. The summed E-state index contributed by atoms with van der Waals surface area (Å²) in [6.45, 7) is 10.9. The molecule has 1 aliphatic heterocycles. The molecule has 21 heavy (non-hydrogen) atoms. The van der Waals surface area contributed by atoms with Crippen molar-refractivity contribution in [3.05, 3.63) is 15.6 Å². The number of morpholine rings is 1.